The lowest BCUT2D eigenvalue weighted by Crippen LogP contribution is -2.49. The first-order valence-electron chi connectivity index (χ1n) is 10.1. The molecule has 1 aliphatic carbocycles. The number of rotatable bonds is 6. The third-order valence-corrected chi connectivity index (χ3v) is 7.10. The zero-order chi connectivity index (χ0) is 20.4. The number of nitrogens with zero attached hydrogens (tertiary/aromatic N) is 2. The van der Waals surface area contributed by atoms with E-state index in [1.807, 2.05) is 35.2 Å². The molecule has 1 saturated heterocycles. The van der Waals surface area contributed by atoms with E-state index in [-0.39, 0.29) is 16.8 Å². The Bertz CT molecular complexity index is 974. The molecule has 6 nitrogen and oxygen atoms in total. The Morgan fingerprint density at radius 1 is 1.07 bits per heavy atom. The predicted molar refractivity (Wildman–Crippen MR) is 112 cm³/mol. The molecule has 2 aliphatic rings. The third kappa shape index (κ3) is 4.69. The van der Waals surface area contributed by atoms with Gasteiger partial charge in [-0.3, -0.25) is 4.79 Å². The SMILES string of the molecule is CN1CCN(C(=O)c2cccc(S(=O)(=O)NCC3CC3)c2)C(c2ccccc2)C1. The maximum atomic E-state index is 13.3. The highest BCUT2D eigenvalue weighted by Gasteiger charge is 2.31. The molecule has 0 bridgehead atoms. The molecule has 2 aromatic carbocycles. The van der Waals surface area contributed by atoms with Crippen molar-refractivity contribution in [2.45, 2.75) is 23.8 Å². The average molecular weight is 414 g/mol. The van der Waals surface area contributed by atoms with Crippen LogP contribution >= 0.6 is 0 Å². The normalized spacial score (nSPS) is 20.6. The van der Waals surface area contributed by atoms with Gasteiger partial charge < -0.3 is 9.80 Å². The van der Waals surface area contributed by atoms with Crippen LogP contribution in [0.3, 0.4) is 0 Å². The molecule has 4 rings (SSSR count). The van der Waals surface area contributed by atoms with Gasteiger partial charge in [-0.15, -0.1) is 0 Å². The van der Waals surface area contributed by atoms with E-state index in [4.69, 9.17) is 0 Å². The lowest BCUT2D eigenvalue weighted by molar-refractivity contribution is 0.0498. The fourth-order valence-corrected chi connectivity index (χ4v) is 4.88. The van der Waals surface area contributed by atoms with Crippen LogP contribution in [-0.2, 0) is 10.0 Å². The number of nitrogens with one attached hydrogen (secondary N) is 1. The maximum absolute atomic E-state index is 13.3. The van der Waals surface area contributed by atoms with Crippen molar-refractivity contribution in [2.75, 3.05) is 33.2 Å². The van der Waals surface area contributed by atoms with Gasteiger partial charge in [0.15, 0.2) is 0 Å². The monoisotopic (exact) mass is 413 g/mol. The van der Waals surface area contributed by atoms with E-state index in [2.05, 4.69) is 16.7 Å². The molecule has 2 aromatic rings. The van der Waals surface area contributed by atoms with Gasteiger partial charge >= 0.3 is 0 Å². The smallest absolute Gasteiger partial charge is 0.254 e. The van der Waals surface area contributed by atoms with Gasteiger partial charge in [-0.2, -0.15) is 0 Å². The van der Waals surface area contributed by atoms with Gasteiger partial charge in [-0.05, 0) is 49.6 Å². The maximum Gasteiger partial charge on any atom is 0.254 e. The number of carbonyl (C=O) groups excluding carboxylic acids is 1. The predicted octanol–water partition coefficient (Wildman–Crippen LogP) is 2.50. The average Bonchev–Trinajstić information content (AvgIpc) is 3.57. The summed E-state index contributed by atoms with van der Waals surface area (Å²) in [4.78, 5) is 17.6. The molecule has 1 atom stereocenters. The van der Waals surface area contributed by atoms with Gasteiger partial charge in [0, 0.05) is 31.7 Å². The number of sulfonamides is 1. The van der Waals surface area contributed by atoms with Crippen molar-refractivity contribution in [1.82, 2.24) is 14.5 Å². The van der Waals surface area contributed by atoms with Crippen LogP contribution in [0.2, 0.25) is 0 Å². The Morgan fingerprint density at radius 2 is 1.83 bits per heavy atom. The molecule has 1 heterocycles. The number of benzene rings is 2. The number of amides is 1. The van der Waals surface area contributed by atoms with Gasteiger partial charge in [-0.25, -0.2) is 13.1 Å². The summed E-state index contributed by atoms with van der Waals surface area (Å²) in [5.74, 6) is 0.317. The van der Waals surface area contributed by atoms with Crippen molar-refractivity contribution in [3.63, 3.8) is 0 Å². The van der Waals surface area contributed by atoms with Gasteiger partial charge in [0.2, 0.25) is 10.0 Å². The highest BCUT2D eigenvalue weighted by Crippen LogP contribution is 2.29. The van der Waals surface area contributed by atoms with Crippen molar-refractivity contribution in [3.05, 3.63) is 65.7 Å². The molecule has 1 aliphatic heterocycles. The first kappa shape index (κ1) is 20.1. The summed E-state index contributed by atoms with van der Waals surface area (Å²) in [5.41, 5.74) is 1.49. The van der Waals surface area contributed by atoms with E-state index in [9.17, 15) is 13.2 Å². The van der Waals surface area contributed by atoms with Crippen LogP contribution in [0.15, 0.2) is 59.5 Å². The lowest BCUT2D eigenvalue weighted by Gasteiger charge is -2.40. The topological polar surface area (TPSA) is 69.7 Å². The van der Waals surface area contributed by atoms with Crippen molar-refractivity contribution >= 4 is 15.9 Å². The molecule has 0 aromatic heterocycles. The quantitative estimate of drug-likeness (QED) is 0.790. The zero-order valence-electron chi connectivity index (χ0n) is 16.6. The van der Waals surface area contributed by atoms with Gasteiger partial charge in [0.05, 0.1) is 10.9 Å². The summed E-state index contributed by atoms with van der Waals surface area (Å²) < 4.78 is 27.9. The molecular formula is C22H27N3O3S. The summed E-state index contributed by atoms with van der Waals surface area (Å²) in [6.45, 7) is 2.60. The molecule has 154 valence electrons. The van der Waals surface area contributed by atoms with Gasteiger partial charge in [-0.1, -0.05) is 36.4 Å². The number of hydrogen-bond acceptors (Lipinski definition) is 4. The summed E-state index contributed by atoms with van der Waals surface area (Å²) in [5, 5.41) is 0. The first-order chi connectivity index (χ1) is 13.9. The van der Waals surface area contributed by atoms with Crippen molar-refractivity contribution in [2.24, 2.45) is 5.92 Å². The molecular weight excluding hydrogens is 386 g/mol. The van der Waals surface area contributed by atoms with E-state index in [1.54, 1.807) is 18.2 Å². The minimum absolute atomic E-state index is 0.0595. The van der Waals surface area contributed by atoms with Crippen LogP contribution in [0.5, 0.6) is 0 Å². The second-order valence-corrected chi connectivity index (χ2v) is 9.78. The van der Waals surface area contributed by atoms with Crippen LogP contribution in [0.1, 0.15) is 34.8 Å². The van der Waals surface area contributed by atoms with Gasteiger partial charge in [0.1, 0.15) is 0 Å². The number of carbonyl (C=O) groups is 1. The van der Waals surface area contributed by atoms with E-state index in [1.165, 1.54) is 6.07 Å². The lowest BCUT2D eigenvalue weighted by atomic mass is 10.0. The Balaban J connectivity index is 1.58. The van der Waals surface area contributed by atoms with Gasteiger partial charge in [0.25, 0.3) is 5.91 Å². The van der Waals surface area contributed by atoms with Crippen molar-refractivity contribution in [1.29, 1.82) is 0 Å². The van der Waals surface area contributed by atoms with E-state index >= 15 is 0 Å². The van der Waals surface area contributed by atoms with Crippen molar-refractivity contribution in [3.8, 4) is 0 Å². The fourth-order valence-electron chi connectivity index (χ4n) is 3.72. The zero-order valence-corrected chi connectivity index (χ0v) is 17.4. The summed E-state index contributed by atoms with van der Waals surface area (Å²) in [6.07, 6.45) is 2.15. The molecule has 1 saturated carbocycles. The van der Waals surface area contributed by atoms with Crippen LogP contribution in [-0.4, -0.2) is 57.4 Å². The Labute approximate surface area is 172 Å². The molecule has 1 amide bonds. The molecule has 0 radical (unpaired) electrons. The summed E-state index contributed by atoms with van der Waals surface area (Å²) in [6, 6.07) is 16.3. The van der Waals surface area contributed by atoms with Crippen LogP contribution < -0.4 is 4.72 Å². The Morgan fingerprint density at radius 3 is 2.55 bits per heavy atom. The van der Waals surface area contributed by atoms with E-state index < -0.39 is 10.0 Å². The number of piperazine rings is 1. The molecule has 1 N–H and O–H groups in total. The molecule has 7 heteroatoms. The minimum atomic E-state index is -3.61. The molecule has 0 spiro atoms. The van der Waals surface area contributed by atoms with Crippen LogP contribution in [0.25, 0.3) is 0 Å². The number of likely N-dealkylation sites (N-methyl/N-ethyl adjacent to an activating group) is 1. The second kappa shape index (κ2) is 8.26. The third-order valence-electron chi connectivity index (χ3n) is 5.68. The van der Waals surface area contributed by atoms with E-state index in [0.29, 0.717) is 24.6 Å². The Kier molecular flexibility index (Phi) is 5.72. The second-order valence-electron chi connectivity index (χ2n) is 8.01. The van der Waals surface area contributed by atoms with Crippen LogP contribution in [0.4, 0.5) is 0 Å². The molecule has 2 fully saturated rings. The summed E-state index contributed by atoms with van der Waals surface area (Å²) in [7, 11) is -1.55. The van der Waals surface area contributed by atoms with Crippen LogP contribution in [0, 0.1) is 5.92 Å². The highest BCUT2D eigenvalue weighted by molar-refractivity contribution is 7.89. The standard InChI is InChI=1S/C22H27N3O3S/c1-24-12-13-25(21(16-24)18-6-3-2-4-7-18)22(26)19-8-5-9-20(14-19)29(27,28)23-15-17-10-11-17/h2-9,14,17,21,23H,10-13,15-16H2,1H3. The fraction of sp³-hybridized carbons (Fsp3) is 0.409. The van der Waals surface area contributed by atoms with Crippen molar-refractivity contribution < 1.29 is 13.2 Å². The Hall–Kier alpha value is -2.22. The molecule has 1 unspecified atom stereocenters. The highest BCUT2D eigenvalue weighted by atomic mass is 32.2. The molecule has 29 heavy (non-hydrogen) atoms. The minimum Gasteiger partial charge on any atom is -0.329 e. The number of hydrogen-bond donors (Lipinski definition) is 1. The largest absolute Gasteiger partial charge is 0.329 e. The summed E-state index contributed by atoms with van der Waals surface area (Å²) >= 11 is 0. The van der Waals surface area contributed by atoms with E-state index in [0.717, 1.165) is 31.5 Å². The first-order valence-corrected chi connectivity index (χ1v) is 11.6.